The number of rotatable bonds is 6. The average molecular weight is 262 g/mol. The van der Waals surface area contributed by atoms with Crippen molar-refractivity contribution in [3.8, 4) is 0 Å². The highest BCUT2D eigenvalue weighted by Gasteiger charge is 2.29. The van der Waals surface area contributed by atoms with Crippen LogP contribution in [-0.2, 0) is 6.54 Å². The predicted molar refractivity (Wildman–Crippen MR) is 79.4 cm³/mol. The molecule has 0 aliphatic heterocycles. The Labute approximate surface area is 116 Å². The molecule has 0 radical (unpaired) electrons. The molecule has 0 bridgehead atoms. The van der Waals surface area contributed by atoms with Crippen LogP contribution >= 0.6 is 0 Å². The van der Waals surface area contributed by atoms with Gasteiger partial charge in [0.15, 0.2) is 5.43 Å². The summed E-state index contributed by atoms with van der Waals surface area (Å²) in [7, 11) is 0. The Morgan fingerprint density at radius 3 is 2.63 bits per heavy atom. The Bertz CT molecular complexity index is 486. The van der Waals surface area contributed by atoms with Crippen molar-refractivity contribution in [2.75, 3.05) is 6.54 Å². The van der Waals surface area contributed by atoms with E-state index in [-0.39, 0.29) is 5.43 Å². The van der Waals surface area contributed by atoms with E-state index >= 15 is 0 Å². The van der Waals surface area contributed by atoms with Crippen molar-refractivity contribution in [1.82, 2.24) is 9.88 Å². The molecule has 1 fully saturated rings. The molecule has 1 heterocycles. The lowest BCUT2D eigenvalue weighted by atomic mass is 10.1. The quantitative estimate of drug-likeness (QED) is 0.855. The van der Waals surface area contributed by atoms with Crippen LogP contribution in [0.15, 0.2) is 11.0 Å². The predicted octanol–water partition coefficient (Wildman–Crippen LogP) is 3.00. The zero-order valence-electron chi connectivity index (χ0n) is 12.6. The van der Waals surface area contributed by atoms with Gasteiger partial charge in [-0.05, 0) is 45.6 Å². The monoisotopic (exact) mass is 262 g/mol. The van der Waals surface area contributed by atoms with Gasteiger partial charge in [-0.2, -0.15) is 0 Å². The standard InChI is InChI=1S/C16H26N2O/c1-11(2)7-8-18(14-5-6-14)10-15-13(4)16(19)12(3)9-17-15/h9,11,14H,5-8,10H2,1-4H3,(H,17,19). The number of aromatic nitrogens is 1. The topological polar surface area (TPSA) is 36.1 Å². The number of hydrogen-bond donors (Lipinski definition) is 1. The molecule has 1 saturated carbocycles. The molecule has 0 aromatic carbocycles. The highest BCUT2D eigenvalue weighted by molar-refractivity contribution is 5.23. The maximum Gasteiger partial charge on any atom is 0.187 e. The molecule has 19 heavy (non-hydrogen) atoms. The van der Waals surface area contributed by atoms with E-state index in [9.17, 15) is 4.79 Å². The molecule has 3 nitrogen and oxygen atoms in total. The molecule has 0 spiro atoms. The van der Waals surface area contributed by atoms with Gasteiger partial charge < -0.3 is 4.98 Å². The van der Waals surface area contributed by atoms with Crippen LogP contribution in [0.2, 0.25) is 0 Å². The minimum absolute atomic E-state index is 0.188. The molecule has 0 saturated heterocycles. The van der Waals surface area contributed by atoms with Gasteiger partial charge in [0.2, 0.25) is 0 Å². The van der Waals surface area contributed by atoms with Crippen molar-refractivity contribution in [3.05, 3.63) is 33.2 Å². The van der Waals surface area contributed by atoms with Crippen LogP contribution in [-0.4, -0.2) is 22.5 Å². The third kappa shape index (κ3) is 3.69. The molecule has 1 aromatic rings. The van der Waals surface area contributed by atoms with Gasteiger partial charge in [0, 0.05) is 35.6 Å². The summed E-state index contributed by atoms with van der Waals surface area (Å²) in [5.41, 5.74) is 2.97. The van der Waals surface area contributed by atoms with Gasteiger partial charge in [-0.15, -0.1) is 0 Å². The van der Waals surface area contributed by atoms with Crippen LogP contribution in [0.25, 0.3) is 0 Å². The van der Waals surface area contributed by atoms with E-state index in [4.69, 9.17) is 0 Å². The van der Waals surface area contributed by atoms with Crippen molar-refractivity contribution in [2.45, 2.75) is 59.5 Å². The van der Waals surface area contributed by atoms with Crippen LogP contribution in [0, 0.1) is 19.8 Å². The molecular formula is C16H26N2O. The van der Waals surface area contributed by atoms with Gasteiger partial charge in [0.05, 0.1) is 0 Å². The van der Waals surface area contributed by atoms with Crippen LogP contribution in [0.4, 0.5) is 0 Å². The van der Waals surface area contributed by atoms with E-state index in [1.54, 1.807) is 0 Å². The first-order valence-electron chi connectivity index (χ1n) is 7.41. The van der Waals surface area contributed by atoms with Gasteiger partial charge >= 0.3 is 0 Å². The van der Waals surface area contributed by atoms with Crippen LogP contribution in [0.3, 0.4) is 0 Å². The largest absolute Gasteiger partial charge is 0.363 e. The SMILES string of the molecule is Cc1c[nH]c(CN(CCC(C)C)C2CC2)c(C)c1=O. The van der Waals surface area contributed by atoms with Gasteiger partial charge in [0.25, 0.3) is 0 Å². The molecule has 1 N–H and O–H groups in total. The second-order valence-corrected chi connectivity index (χ2v) is 6.29. The molecule has 1 aliphatic rings. The zero-order valence-corrected chi connectivity index (χ0v) is 12.6. The fourth-order valence-electron chi connectivity index (χ4n) is 2.42. The van der Waals surface area contributed by atoms with Gasteiger partial charge in [-0.3, -0.25) is 9.69 Å². The van der Waals surface area contributed by atoms with Crippen molar-refractivity contribution >= 4 is 0 Å². The average Bonchev–Trinajstić information content (AvgIpc) is 3.18. The normalized spacial score (nSPS) is 15.5. The first kappa shape index (κ1) is 14.3. The summed E-state index contributed by atoms with van der Waals surface area (Å²) in [5, 5.41) is 0. The molecule has 1 aliphatic carbocycles. The van der Waals surface area contributed by atoms with Crippen LogP contribution in [0.5, 0.6) is 0 Å². The summed E-state index contributed by atoms with van der Waals surface area (Å²) in [5.74, 6) is 0.736. The van der Waals surface area contributed by atoms with E-state index in [0.717, 1.165) is 41.9 Å². The van der Waals surface area contributed by atoms with Gasteiger partial charge in [0.1, 0.15) is 0 Å². The van der Waals surface area contributed by atoms with E-state index in [0.29, 0.717) is 0 Å². The minimum Gasteiger partial charge on any atom is -0.363 e. The van der Waals surface area contributed by atoms with Crippen LogP contribution < -0.4 is 5.43 Å². The minimum atomic E-state index is 0.188. The summed E-state index contributed by atoms with van der Waals surface area (Å²) in [6.45, 7) is 10.4. The van der Waals surface area contributed by atoms with Crippen molar-refractivity contribution < 1.29 is 0 Å². The number of H-pyrrole nitrogens is 1. The van der Waals surface area contributed by atoms with Crippen molar-refractivity contribution in [2.24, 2.45) is 5.92 Å². The summed E-state index contributed by atoms with van der Waals surface area (Å²) in [4.78, 5) is 17.8. The van der Waals surface area contributed by atoms with Gasteiger partial charge in [-0.25, -0.2) is 0 Å². The Hall–Kier alpha value is -1.09. The Kier molecular flexibility index (Phi) is 4.46. The highest BCUT2D eigenvalue weighted by Crippen LogP contribution is 2.28. The van der Waals surface area contributed by atoms with Crippen molar-refractivity contribution in [1.29, 1.82) is 0 Å². The third-order valence-electron chi connectivity index (χ3n) is 4.03. The first-order valence-corrected chi connectivity index (χ1v) is 7.41. The Morgan fingerprint density at radius 2 is 2.05 bits per heavy atom. The summed E-state index contributed by atoms with van der Waals surface area (Å²) in [6.07, 6.45) is 5.70. The lowest BCUT2D eigenvalue weighted by Crippen LogP contribution is -2.29. The molecule has 3 heteroatoms. The summed E-state index contributed by atoms with van der Waals surface area (Å²) in [6, 6.07) is 0.739. The maximum atomic E-state index is 12.0. The number of aryl methyl sites for hydroxylation is 1. The maximum absolute atomic E-state index is 12.0. The molecule has 1 aromatic heterocycles. The van der Waals surface area contributed by atoms with Crippen molar-refractivity contribution in [3.63, 3.8) is 0 Å². The first-order chi connectivity index (χ1) is 8.99. The molecule has 2 rings (SSSR count). The second kappa shape index (κ2) is 5.91. The molecule has 0 unspecified atom stereocenters. The fourth-order valence-corrected chi connectivity index (χ4v) is 2.42. The number of aromatic amines is 1. The molecular weight excluding hydrogens is 236 g/mol. The zero-order chi connectivity index (χ0) is 14.0. The summed E-state index contributed by atoms with van der Waals surface area (Å²) >= 11 is 0. The number of pyridine rings is 1. The smallest absolute Gasteiger partial charge is 0.187 e. The number of nitrogens with one attached hydrogen (secondary N) is 1. The molecule has 0 atom stereocenters. The third-order valence-corrected chi connectivity index (χ3v) is 4.03. The Balaban J connectivity index is 2.09. The molecule has 0 amide bonds. The second-order valence-electron chi connectivity index (χ2n) is 6.29. The van der Waals surface area contributed by atoms with E-state index in [2.05, 4.69) is 23.7 Å². The highest BCUT2D eigenvalue weighted by atomic mass is 16.1. The van der Waals surface area contributed by atoms with E-state index in [1.165, 1.54) is 19.3 Å². The van der Waals surface area contributed by atoms with E-state index in [1.807, 2.05) is 20.0 Å². The fraction of sp³-hybridized carbons (Fsp3) is 0.688. The van der Waals surface area contributed by atoms with Crippen LogP contribution in [0.1, 0.15) is 49.9 Å². The summed E-state index contributed by atoms with van der Waals surface area (Å²) < 4.78 is 0. The van der Waals surface area contributed by atoms with Gasteiger partial charge in [-0.1, -0.05) is 13.8 Å². The lowest BCUT2D eigenvalue weighted by Gasteiger charge is -2.23. The number of hydrogen-bond acceptors (Lipinski definition) is 2. The van der Waals surface area contributed by atoms with E-state index < -0.39 is 0 Å². The number of nitrogens with zero attached hydrogens (tertiary/aromatic N) is 1. The molecule has 106 valence electrons. The lowest BCUT2D eigenvalue weighted by molar-refractivity contribution is 0.236. The Morgan fingerprint density at radius 1 is 1.37 bits per heavy atom.